The van der Waals surface area contributed by atoms with Gasteiger partial charge in [0.25, 0.3) is 0 Å². The second-order valence-corrected chi connectivity index (χ2v) is 1.07. The van der Waals surface area contributed by atoms with Crippen LogP contribution < -0.4 is 0 Å². The molecule has 0 fully saturated rings. The van der Waals surface area contributed by atoms with Crippen molar-refractivity contribution >= 4 is 0 Å². The van der Waals surface area contributed by atoms with Gasteiger partial charge in [-0.1, -0.05) is 0 Å². The Balaban J connectivity index is 3.62. The fraction of sp³-hybridized carbons (Fsp3) is 0.667. The van der Waals surface area contributed by atoms with Crippen LogP contribution in [0.1, 0.15) is 0 Å². The Morgan fingerprint density at radius 3 is 1.62 bits per heavy atom. The summed E-state index contributed by atoms with van der Waals surface area (Å²) in [6.45, 7) is -1.04. The van der Waals surface area contributed by atoms with E-state index in [1.807, 2.05) is 0 Å². The van der Waals surface area contributed by atoms with Crippen LogP contribution in [0, 0.1) is 6.67 Å². The highest BCUT2D eigenvalue weighted by Gasteiger charge is 2.40. The molecule has 0 bridgehead atoms. The minimum Gasteiger partial charge on any atom is -0.241 e. The minimum atomic E-state index is -5.09. The first kappa shape index (κ1) is 7.65. The second kappa shape index (κ2) is 2.28. The monoisotopic (exact) mass is 133 g/mol. The summed E-state index contributed by atoms with van der Waals surface area (Å²) in [5.41, 5.74) is 0. The van der Waals surface area contributed by atoms with Crippen LogP contribution >= 0.6 is 0 Å². The van der Waals surface area contributed by atoms with Crippen molar-refractivity contribution in [2.24, 2.45) is 0 Å². The lowest BCUT2D eigenvalue weighted by Crippen LogP contribution is -2.23. The predicted molar refractivity (Wildman–Crippen MR) is 16.4 cm³/mol. The molecule has 1 unspecified atom stereocenters. The van der Waals surface area contributed by atoms with Crippen molar-refractivity contribution in [2.45, 2.75) is 12.3 Å². The lowest BCUT2D eigenvalue weighted by Gasteiger charge is -2.05. The highest BCUT2D eigenvalue weighted by Crippen LogP contribution is 2.24. The molecule has 0 aromatic carbocycles. The van der Waals surface area contributed by atoms with E-state index < -0.39 is 19.0 Å². The molecule has 0 saturated carbocycles. The molecule has 0 aliphatic heterocycles. The van der Waals surface area contributed by atoms with Crippen LogP contribution in [0.5, 0.6) is 0 Å². The molecule has 0 N–H and O–H groups in total. The SMILES string of the molecule is F[CH]C(F)C(F)(F)F. The number of rotatable bonds is 1. The van der Waals surface area contributed by atoms with Crippen molar-refractivity contribution in [1.29, 1.82) is 0 Å². The molecule has 49 valence electrons. The first-order valence-corrected chi connectivity index (χ1v) is 1.63. The van der Waals surface area contributed by atoms with E-state index in [0.29, 0.717) is 0 Å². The molecule has 0 amide bonds. The van der Waals surface area contributed by atoms with Crippen molar-refractivity contribution in [3.63, 3.8) is 0 Å². The van der Waals surface area contributed by atoms with Crippen LogP contribution in [0.4, 0.5) is 22.0 Å². The van der Waals surface area contributed by atoms with Crippen molar-refractivity contribution in [3.8, 4) is 0 Å². The van der Waals surface area contributed by atoms with Crippen molar-refractivity contribution in [3.05, 3.63) is 6.67 Å². The molecule has 1 radical (unpaired) electrons. The van der Waals surface area contributed by atoms with Gasteiger partial charge in [-0.05, 0) is 0 Å². The minimum absolute atomic E-state index is 1.04. The first-order valence-electron chi connectivity index (χ1n) is 1.63. The van der Waals surface area contributed by atoms with Gasteiger partial charge in [0.2, 0.25) is 6.17 Å². The van der Waals surface area contributed by atoms with E-state index in [9.17, 15) is 22.0 Å². The molecule has 8 heavy (non-hydrogen) atoms. The third-order valence-electron chi connectivity index (χ3n) is 0.423. The van der Waals surface area contributed by atoms with Crippen LogP contribution in [0.3, 0.4) is 0 Å². The Bertz CT molecular complexity index is 64.6. The van der Waals surface area contributed by atoms with Crippen molar-refractivity contribution in [1.82, 2.24) is 0 Å². The second-order valence-electron chi connectivity index (χ2n) is 1.07. The molecule has 0 saturated heterocycles. The van der Waals surface area contributed by atoms with Crippen LogP contribution in [0.2, 0.25) is 0 Å². The van der Waals surface area contributed by atoms with Gasteiger partial charge in [-0.3, -0.25) is 0 Å². The largest absolute Gasteiger partial charge is 0.422 e. The van der Waals surface area contributed by atoms with Crippen LogP contribution in [-0.2, 0) is 0 Å². The highest BCUT2D eigenvalue weighted by molar-refractivity contribution is 4.72. The lowest BCUT2D eigenvalue weighted by atomic mass is 10.4. The molecular formula is C3H2F5. The van der Waals surface area contributed by atoms with Crippen LogP contribution in [0.15, 0.2) is 0 Å². The maximum Gasteiger partial charge on any atom is 0.422 e. The third kappa shape index (κ3) is 2.09. The fourth-order valence-electron chi connectivity index (χ4n) is 0.0714. The quantitative estimate of drug-likeness (QED) is 0.480. The van der Waals surface area contributed by atoms with Crippen molar-refractivity contribution < 1.29 is 22.0 Å². The van der Waals surface area contributed by atoms with E-state index in [1.165, 1.54) is 0 Å². The highest BCUT2D eigenvalue weighted by atomic mass is 19.4. The van der Waals surface area contributed by atoms with Crippen LogP contribution in [0.25, 0.3) is 0 Å². The van der Waals surface area contributed by atoms with E-state index in [-0.39, 0.29) is 0 Å². The van der Waals surface area contributed by atoms with Gasteiger partial charge in [0, 0.05) is 0 Å². The Labute approximate surface area is 42.3 Å². The fourth-order valence-corrected chi connectivity index (χ4v) is 0.0714. The van der Waals surface area contributed by atoms with E-state index in [4.69, 9.17) is 0 Å². The summed E-state index contributed by atoms with van der Waals surface area (Å²) in [6.07, 6.45) is -8.53. The normalized spacial score (nSPS) is 16.1. The Hall–Kier alpha value is -0.350. The van der Waals surface area contributed by atoms with Crippen LogP contribution in [-0.4, -0.2) is 12.3 Å². The molecule has 0 heterocycles. The van der Waals surface area contributed by atoms with Gasteiger partial charge < -0.3 is 0 Å². The van der Waals surface area contributed by atoms with Gasteiger partial charge in [-0.15, -0.1) is 0 Å². The lowest BCUT2D eigenvalue weighted by molar-refractivity contribution is -0.175. The topological polar surface area (TPSA) is 0 Å². The zero-order valence-electron chi connectivity index (χ0n) is 3.54. The maximum atomic E-state index is 11.1. The number of hydrogen-bond acceptors (Lipinski definition) is 0. The van der Waals surface area contributed by atoms with E-state index in [0.717, 1.165) is 0 Å². The number of hydrogen-bond donors (Lipinski definition) is 0. The Kier molecular flexibility index (Phi) is 2.18. The summed E-state index contributed by atoms with van der Waals surface area (Å²) in [5.74, 6) is 0. The van der Waals surface area contributed by atoms with Gasteiger partial charge in [0.05, 0.1) is 0 Å². The maximum absolute atomic E-state index is 11.1. The van der Waals surface area contributed by atoms with Gasteiger partial charge in [0.1, 0.15) is 0 Å². The van der Waals surface area contributed by atoms with Gasteiger partial charge in [0.15, 0.2) is 6.67 Å². The van der Waals surface area contributed by atoms with Gasteiger partial charge >= 0.3 is 6.18 Å². The molecule has 0 aliphatic rings. The molecule has 0 aliphatic carbocycles. The Morgan fingerprint density at radius 2 is 1.62 bits per heavy atom. The molecule has 1 atom stereocenters. The average molecular weight is 133 g/mol. The summed E-state index contributed by atoms with van der Waals surface area (Å²) < 4.78 is 54.2. The molecule has 0 aromatic heterocycles. The summed E-state index contributed by atoms with van der Waals surface area (Å²) in [7, 11) is 0. The molecular weight excluding hydrogens is 131 g/mol. The summed E-state index contributed by atoms with van der Waals surface area (Å²) in [5, 5.41) is 0. The zero-order chi connectivity index (χ0) is 6.78. The molecule has 0 aromatic rings. The summed E-state index contributed by atoms with van der Waals surface area (Å²) >= 11 is 0. The molecule has 0 spiro atoms. The molecule has 0 rings (SSSR count). The van der Waals surface area contributed by atoms with Crippen molar-refractivity contribution in [2.75, 3.05) is 0 Å². The van der Waals surface area contributed by atoms with E-state index >= 15 is 0 Å². The first-order chi connectivity index (χ1) is 3.48. The number of halogens is 5. The Morgan fingerprint density at radius 1 is 1.25 bits per heavy atom. The summed E-state index contributed by atoms with van der Waals surface area (Å²) in [6, 6.07) is 0. The zero-order valence-corrected chi connectivity index (χ0v) is 3.54. The standard InChI is InChI=1S/C3H2F5/c4-1-2(5)3(6,7)8/h1-2H. The predicted octanol–water partition coefficient (Wildman–Crippen LogP) is 2.02. The smallest absolute Gasteiger partial charge is 0.241 e. The van der Waals surface area contributed by atoms with Gasteiger partial charge in [-0.2, -0.15) is 13.2 Å². The number of alkyl halides is 4. The molecule has 0 nitrogen and oxygen atoms in total. The van der Waals surface area contributed by atoms with E-state index in [1.54, 1.807) is 0 Å². The third-order valence-corrected chi connectivity index (χ3v) is 0.423. The van der Waals surface area contributed by atoms with Gasteiger partial charge in [-0.25, -0.2) is 8.78 Å². The van der Waals surface area contributed by atoms with E-state index in [2.05, 4.69) is 0 Å². The summed E-state index contributed by atoms with van der Waals surface area (Å²) in [4.78, 5) is 0. The average Bonchev–Trinajstić information content (AvgIpc) is 1.62. The molecule has 5 heteroatoms.